The van der Waals surface area contributed by atoms with Gasteiger partial charge in [-0.2, -0.15) is 0 Å². The van der Waals surface area contributed by atoms with Crippen LogP contribution in [0.5, 0.6) is 0 Å². The quantitative estimate of drug-likeness (QED) is 0.565. The minimum Gasteiger partial charge on any atom is -0.243 e. The van der Waals surface area contributed by atoms with Gasteiger partial charge in [0.1, 0.15) is 5.01 Å². The highest BCUT2D eigenvalue weighted by Crippen LogP contribution is 2.24. The second-order valence-corrected chi connectivity index (χ2v) is 6.12. The molecule has 1 aromatic heterocycles. The average molecular weight is 310 g/mol. The minimum absolute atomic E-state index is 0.722. The maximum absolute atomic E-state index is 5.85. The summed E-state index contributed by atoms with van der Waals surface area (Å²) in [5.41, 5.74) is 3.33. The summed E-state index contributed by atoms with van der Waals surface area (Å²) in [5, 5.41) is 1.72. The topological polar surface area (TPSA) is 12.9 Å². The molecule has 0 atom stereocenters. The number of nitrogens with zero attached hydrogens (tertiary/aromatic N) is 1. The Hall–Kier alpha value is -2.08. The maximum Gasteiger partial charge on any atom is 0.124 e. The van der Waals surface area contributed by atoms with Gasteiger partial charge < -0.3 is 0 Å². The zero-order chi connectivity index (χ0) is 14.7. The lowest BCUT2D eigenvalue weighted by Gasteiger charge is -1.95. The van der Waals surface area contributed by atoms with Gasteiger partial charge in [-0.3, -0.25) is 0 Å². The van der Waals surface area contributed by atoms with Crippen LogP contribution in [0.4, 0.5) is 0 Å². The SMILES string of the molecule is Cc1ccc(-c2ncc(C#Cc3ccc(Cl)cc3)s2)cc1. The lowest BCUT2D eigenvalue weighted by molar-refractivity contribution is 1.39. The molecule has 0 spiro atoms. The molecule has 3 aromatic rings. The molecule has 3 heteroatoms. The largest absolute Gasteiger partial charge is 0.243 e. The number of halogens is 1. The molecular weight excluding hydrogens is 298 g/mol. The Labute approximate surface area is 133 Å². The number of aryl methyl sites for hydroxylation is 1. The predicted octanol–water partition coefficient (Wildman–Crippen LogP) is 5.17. The van der Waals surface area contributed by atoms with E-state index in [9.17, 15) is 0 Å². The molecule has 1 nitrogen and oxygen atoms in total. The average Bonchev–Trinajstić information content (AvgIpc) is 2.96. The molecule has 21 heavy (non-hydrogen) atoms. The van der Waals surface area contributed by atoms with Crippen LogP contribution in [0.15, 0.2) is 54.7 Å². The fourth-order valence-corrected chi connectivity index (χ4v) is 2.73. The van der Waals surface area contributed by atoms with Crippen LogP contribution < -0.4 is 0 Å². The van der Waals surface area contributed by atoms with E-state index in [1.54, 1.807) is 11.3 Å². The first-order chi connectivity index (χ1) is 10.2. The van der Waals surface area contributed by atoms with Crippen molar-refractivity contribution in [2.45, 2.75) is 6.92 Å². The Morgan fingerprint density at radius 3 is 2.38 bits per heavy atom. The van der Waals surface area contributed by atoms with Crippen LogP contribution in [0.2, 0.25) is 5.02 Å². The number of aromatic nitrogens is 1. The van der Waals surface area contributed by atoms with Crippen molar-refractivity contribution in [3.63, 3.8) is 0 Å². The van der Waals surface area contributed by atoms with E-state index in [4.69, 9.17) is 11.6 Å². The van der Waals surface area contributed by atoms with E-state index in [2.05, 4.69) is 48.0 Å². The summed E-state index contributed by atoms with van der Waals surface area (Å²) in [7, 11) is 0. The second kappa shape index (κ2) is 6.13. The van der Waals surface area contributed by atoms with Crippen molar-refractivity contribution in [3.8, 4) is 22.4 Å². The van der Waals surface area contributed by atoms with Crippen molar-refractivity contribution in [3.05, 3.63) is 75.8 Å². The Balaban J connectivity index is 1.82. The molecule has 0 saturated carbocycles. The van der Waals surface area contributed by atoms with Crippen LogP contribution in [-0.4, -0.2) is 4.98 Å². The van der Waals surface area contributed by atoms with Crippen LogP contribution in [0, 0.1) is 18.8 Å². The molecule has 0 radical (unpaired) electrons. The van der Waals surface area contributed by atoms with Gasteiger partial charge >= 0.3 is 0 Å². The highest BCUT2D eigenvalue weighted by Gasteiger charge is 2.02. The van der Waals surface area contributed by atoms with E-state index in [1.165, 1.54) is 5.56 Å². The van der Waals surface area contributed by atoms with Gasteiger partial charge in [-0.1, -0.05) is 47.4 Å². The van der Waals surface area contributed by atoms with E-state index < -0.39 is 0 Å². The monoisotopic (exact) mass is 309 g/mol. The number of rotatable bonds is 1. The van der Waals surface area contributed by atoms with E-state index in [0.29, 0.717) is 0 Å². The Kier molecular flexibility index (Phi) is 4.06. The Bertz CT molecular complexity index is 805. The standard InChI is InChI=1S/C18H12ClNS/c1-13-2-7-15(8-3-13)18-20-12-17(21-18)11-6-14-4-9-16(19)10-5-14/h2-5,7-10,12H,1H3. The molecule has 2 aromatic carbocycles. The van der Waals surface area contributed by atoms with Gasteiger partial charge in [0.15, 0.2) is 0 Å². The minimum atomic E-state index is 0.722. The summed E-state index contributed by atoms with van der Waals surface area (Å²) in [5.74, 6) is 6.27. The van der Waals surface area contributed by atoms with E-state index in [0.717, 1.165) is 26.0 Å². The van der Waals surface area contributed by atoms with Gasteiger partial charge in [0.25, 0.3) is 0 Å². The summed E-state index contributed by atoms with van der Waals surface area (Å²) in [6, 6.07) is 15.9. The molecule has 0 saturated heterocycles. The molecule has 1 heterocycles. The third kappa shape index (κ3) is 3.52. The van der Waals surface area contributed by atoms with E-state index >= 15 is 0 Å². The van der Waals surface area contributed by atoms with Gasteiger partial charge in [-0.15, -0.1) is 11.3 Å². The smallest absolute Gasteiger partial charge is 0.124 e. The van der Waals surface area contributed by atoms with E-state index in [-0.39, 0.29) is 0 Å². The molecular formula is C18H12ClNS. The molecule has 0 aliphatic rings. The highest BCUT2D eigenvalue weighted by molar-refractivity contribution is 7.15. The first-order valence-corrected chi connectivity index (χ1v) is 7.70. The van der Waals surface area contributed by atoms with E-state index in [1.807, 2.05) is 30.5 Å². The van der Waals surface area contributed by atoms with Crippen molar-refractivity contribution < 1.29 is 0 Å². The predicted molar refractivity (Wildman–Crippen MR) is 89.7 cm³/mol. The molecule has 102 valence electrons. The second-order valence-electron chi connectivity index (χ2n) is 4.65. The first kappa shape index (κ1) is 13.9. The summed E-state index contributed by atoms with van der Waals surface area (Å²) in [4.78, 5) is 5.40. The number of hydrogen-bond acceptors (Lipinski definition) is 2. The molecule has 0 amide bonds. The molecule has 0 N–H and O–H groups in total. The molecule has 0 bridgehead atoms. The van der Waals surface area contributed by atoms with Gasteiger partial charge in [-0.25, -0.2) is 4.98 Å². The van der Waals surface area contributed by atoms with Crippen LogP contribution in [-0.2, 0) is 0 Å². The van der Waals surface area contributed by atoms with Crippen LogP contribution in [0.25, 0.3) is 10.6 Å². The lowest BCUT2D eigenvalue weighted by Crippen LogP contribution is -1.75. The zero-order valence-electron chi connectivity index (χ0n) is 11.4. The number of hydrogen-bond donors (Lipinski definition) is 0. The summed E-state index contributed by atoms with van der Waals surface area (Å²) >= 11 is 7.46. The third-order valence-electron chi connectivity index (χ3n) is 2.98. The fraction of sp³-hybridized carbons (Fsp3) is 0.0556. The Morgan fingerprint density at radius 2 is 1.67 bits per heavy atom. The van der Waals surface area contributed by atoms with Gasteiger partial charge in [0, 0.05) is 16.1 Å². The van der Waals surface area contributed by atoms with Crippen molar-refractivity contribution >= 4 is 22.9 Å². The molecule has 0 aliphatic carbocycles. The van der Waals surface area contributed by atoms with Crippen LogP contribution in [0.1, 0.15) is 16.0 Å². The van der Waals surface area contributed by atoms with Crippen molar-refractivity contribution in [1.82, 2.24) is 4.98 Å². The number of benzene rings is 2. The molecule has 0 unspecified atom stereocenters. The zero-order valence-corrected chi connectivity index (χ0v) is 13.0. The summed E-state index contributed by atoms with van der Waals surface area (Å²) in [6.07, 6.45) is 1.82. The molecule has 3 rings (SSSR count). The molecule has 0 fully saturated rings. The van der Waals surface area contributed by atoms with Crippen molar-refractivity contribution in [2.24, 2.45) is 0 Å². The van der Waals surface area contributed by atoms with Gasteiger partial charge in [0.2, 0.25) is 0 Å². The first-order valence-electron chi connectivity index (χ1n) is 6.51. The molecule has 0 aliphatic heterocycles. The van der Waals surface area contributed by atoms with Crippen molar-refractivity contribution in [2.75, 3.05) is 0 Å². The van der Waals surface area contributed by atoms with Crippen LogP contribution >= 0.6 is 22.9 Å². The van der Waals surface area contributed by atoms with Gasteiger partial charge in [-0.05, 0) is 37.1 Å². The third-order valence-corrected chi connectivity index (χ3v) is 4.19. The summed E-state index contributed by atoms with van der Waals surface area (Å²) in [6.45, 7) is 2.08. The fourth-order valence-electron chi connectivity index (χ4n) is 1.83. The van der Waals surface area contributed by atoms with Crippen molar-refractivity contribution in [1.29, 1.82) is 0 Å². The summed E-state index contributed by atoms with van der Waals surface area (Å²) < 4.78 is 0. The van der Waals surface area contributed by atoms with Gasteiger partial charge in [0.05, 0.1) is 11.1 Å². The lowest BCUT2D eigenvalue weighted by atomic mass is 10.2. The normalized spacial score (nSPS) is 10.0. The maximum atomic E-state index is 5.85. The Morgan fingerprint density at radius 1 is 0.952 bits per heavy atom. The number of thiazole rings is 1. The van der Waals surface area contributed by atoms with Crippen LogP contribution in [0.3, 0.4) is 0 Å². The highest BCUT2D eigenvalue weighted by atomic mass is 35.5.